The van der Waals surface area contributed by atoms with Crippen molar-refractivity contribution in [2.45, 2.75) is 6.42 Å². The Kier molecular flexibility index (Phi) is 3.58. The fraction of sp³-hybridized carbons (Fsp3) is 0.125. The summed E-state index contributed by atoms with van der Waals surface area (Å²) in [6, 6.07) is 12.4. The molecule has 0 radical (unpaired) electrons. The van der Waals surface area contributed by atoms with Crippen LogP contribution in [-0.4, -0.2) is 23.0 Å². The van der Waals surface area contributed by atoms with Crippen LogP contribution in [0.1, 0.15) is 15.4 Å². The van der Waals surface area contributed by atoms with Crippen LogP contribution in [0.15, 0.2) is 42.5 Å². The van der Waals surface area contributed by atoms with E-state index in [0.29, 0.717) is 5.75 Å². The lowest BCUT2D eigenvalue weighted by molar-refractivity contribution is 0.0990. The summed E-state index contributed by atoms with van der Waals surface area (Å²) in [6.07, 6.45) is 0.180. The Morgan fingerprint density at radius 3 is 2.81 bits per heavy atom. The summed E-state index contributed by atoms with van der Waals surface area (Å²) in [7, 11) is 1.51. The van der Waals surface area contributed by atoms with Gasteiger partial charge in [0, 0.05) is 6.07 Å². The van der Waals surface area contributed by atoms with Crippen LogP contribution in [0.4, 0.5) is 0 Å². The summed E-state index contributed by atoms with van der Waals surface area (Å²) < 4.78 is 6.06. The molecule has 0 bridgehead atoms. The van der Waals surface area contributed by atoms with Gasteiger partial charge in [-0.05, 0) is 24.3 Å². The van der Waals surface area contributed by atoms with Gasteiger partial charge in [-0.2, -0.15) is 0 Å². The summed E-state index contributed by atoms with van der Waals surface area (Å²) in [5.41, 5.74) is 1.18. The van der Waals surface area contributed by atoms with Crippen LogP contribution in [0.25, 0.3) is 10.2 Å². The first-order chi connectivity index (χ1) is 10.2. The molecule has 0 fully saturated rings. The lowest BCUT2D eigenvalue weighted by Gasteiger charge is -2.05. The van der Waals surface area contributed by atoms with Gasteiger partial charge in [-0.1, -0.05) is 12.1 Å². The Balaban J connectivity index is 1.85. The Hall–Kier alpha value is -2.40. The molecule has 4 nitrogen and oxygen atoms in total. The molecule has 3 aromatic rings. The van der Waals surface area contributed by atoms with E-state index in [1.165, 1.54) is 24.5 Å². The van der Waals surface area contributed by atoms with E-state index < -0.39 is 0 Å². The molecule has 0 atom stereocenters. The van der Waals surface area contributed by atoms with Crippen molar-refractivity contribution < 1.29 is 14.6 Å². The van der Waals surface area contributed by atoms with Crippen molar-refractivity contribution in [3.8, 4) is 11.5 Å². The molecule has 1 aromatic heterocycles. The number of hydrogen-bond acceptors (Lipinski definition) is 5. The highest BCUT2D eigenvalue weighted by atomic mass is 32.1. The molecule has 5 heteroatoms. The van der Waals surface area contributed by atoms with Crippen molar-refractivity contribution in [2.75, 3.05) is 7.11 Å². The van der Waals surface area contributed by atoms with E-state index in [0.717, 1.165) is 15.2 Å². The monoisotopic (exact) mass is 299 g/mol. The molecular formula is C16H13NO3S. The number of methoxy groups -OCH3 is 1. The first kappa shape index (κ1) is 13.6. The minimum Gasteiger partial charge on any atom is -0.507 e. The number of phenolic OH excluding ortho intramolecular Hbond substituents is 1. The number of carbonyl (C=O) groups is 1. The van der Waals surface area contributed by atoms with Crippen molar-refractivity contribution >= 4 is 27.3 Å². The number of para-hydroxylation sites is 1. The second kappa shape index (κ2) is 5.54. The van der Waals surface area contributed by atoms with Crippen LogP contribution in [0.5, 0.6) is 11.5 Å². The van der Waals surface area contributed by atoms with Crippen molar-refractivity contribution in [3.05, 3.63) is 53.0 Å². The smallest absolute Gasteiger partial charge is 0.173 e. The number of aromatic nitrogens is 1. The third-order valence-electron chi connectivity index (χ3n) is 3.16. The average Bonchev–Trinajstić information content (AvgIpc) is 2.88. The first-order valence-electron chi connectivity index (χ1n) is 6.42. The zero-order valence-corrected chi connectivity index (χ0v) is 12.2. The number of ketones is 1. The first-order valence-corrected chi connectivity index (χ1v) is 7.23. The predicted molar refractivity (Wildman–Crippen MR) is 82.3 cm³/mol. The lowest BCUT2D eigenvalue weighted by Crippen LogP contribution is -2.03. The quantitative estimate of drug-likeness (QED) is 0.750. The maximum Gasteiger partial charge on any atom is 0.173 e. The van der Waals surface area contributed by atoms with Crippen LogP contribution in [-0.2, 0) is 6.42 Å². The average molecular weight is 299 g/mol. The topological polar surface area (TPSA) is 59.4 Å². The minimum atomic E-state index is -0.158. The van der Waals surface area contributed by atoms with Gasteiger partial charge in [0.05, 0.1) is 29.3 Å². The SMILES string of the molecule is COc1ccc(C(=O)Cc2nc3ccccc3s2)c(O)c1. The lowest BCUT2D eigenvalue weighted by atomic mass is 10.1. The highest BCUT2D eigenvalue weighted by molar-refractivity contribution is 7.18. The molecule has 0 aliphatic rings. The highest BCUT2D eigenvalue weighted by Crippen LogP contribution is 2.27. The number of aromatic hydroxyl groups is 1. The van der Waals surface area contributed by atoms with Crippen molar-refractivity contribution in [1.82, 2.24) is 4.98 Å². The zero-order chi connectivity index (χ0) is 14.8. The van der Waals surface area contributed by atoms with Gasteiger partial charge in [0.2, 0.25) is 0 Å². The number of hydrogen-bond donors (Lipinski definition) is 1. The molecule has 0 aliphatic heterocycles. The third kappa shape index (κ3) is 2.73. The van der Waals surface area contributed by atoms with E-state index >= 15 is 0 Å². The van der Waals surface area contributed by atoms with E-state index in [1.807, 2.05) is 24.3 Å². The summed E-state index contributed by atoms with van der Waals surface area (Å²) in [5.74, 6) is 0.290. The number of benzene rings is 2. The van der Waals surface area contributed by atoms with Gasteiger partial charge in [0.25, 0.3) is 0 Å². The molecular weight excluding hydrogens is 286 g/mol. The third-order valence-corrected chi connectivity index (χ3v) is 4.19. The summed E-state index contributed by atoms with van der Waals surface area (Å²) in [6.45, 7) is 0. The van der Waals surface area contributed by atoms with Gasteiger partial charge in [0.1, 0.15) is 16.5 Å². The maximum atomic E-state index is 12.3. The molecule has 0 amide bonds. The van der Waals surface area contributed by atoms with Crippen LogP contribution in [0.3, 0.4) is 0 Å². The fourth-order valence-electron chi connectivity index (χ4n) is 2.10. The second-order valence-corrected chi connectivity index (χ2v) is 5.67. The van der Waals surface area contributed by atoms with E-state index in [-0.39, 0.29) is 23.5 Å². The Morgan fingerprint density at radius 2 is 2.10 bits per heavy atom. The molecule has 0 unspecified atom stereocenters. The molecule has 0 saturated heterocycles. The van der Waals surface area contributed by atoms with Crippen LogP contribution in [0.2, 0.25) is 0 Å². The Bertz CT molecular complexity index is 777. The van der Waals surface area contributed by atoms with Gasteiger partial charge >= 0.3 is 0 Å². The second-order valence-electron chi connectivity index (χ2n) is 4.56. The largest absolute Gasteiger partial charge is 0.507 e. The molecule has 21 heavy (non-hydrogen) atoms. The van der Waals surface area contributed by atoms with Crippen molar-refractivity contribution in [2.24, 2.45) is 0 Å². The number of carbonyl (C=O) groups excluding carboxylic acids is 1. The molecule has 1 heterocycles. The van der Waals surface area contributed by atoms with Crippen LogP contribution in [0, 0.1) is 0 Å². The van der Waals surface area contributed by atoms with Crippen LogP contribution < -0.4 is 4.74 Å². The van der Waals surface area contributed by atoms with Crippen molar-refractivity contribution in [3.63, 3.8) is 0 Å². The number of ether oxygens (including phenoxy) is 1. The Morgan fingerprint density at radius 1 is 1.29 bits per heavy atom. The fourth-order valence-corrected chi connectivity index (χ4v) is 3.07. The van der Waals surface area contributed by atoms with Gasteiger partial charge < -0.3 is 9.84 Å². The van der Waals surface area contributed by atoms with E-state index in [1.54, 1.807) is 12.1 Å². The number of phenols is 1. The standard InChI is InChI=1S/C16H13NO3S/c1-20-10-6-7-11(13(18)8-10)14(19)9-16-17-12-4-2-3-5-15(12)21-16/h2-8,18H,9H2,1H3. The van der Waals surface area contributed by atoms with Gasteiger partial charge in [0.15, 0.2) is 5.78 Å². The number of thiazole rings is 1. The number of Topliss-reactive ketones (excluding diaryl/α,β-unsaturated/α-hetero) is 1. The van der Waals surface area contributed by atoms with Gasteiger partial charge in [-0.3, -0.25) is 4.79 Å². The summed E-state index contributed by atoms with van der Waals surface area (Å²) in [4.78, 5) is 16.7. The molecule has 2 aromatic carbocycles. The highest BCUT2D eigenvalue weighted by Gasteiger charge is 2.15. The van der Waals surface area contributed by atoms with Crippen LogP contribution >= 0.6 is 11.3 Å². The van der Waals surface area contributed by atoms with Crippen molar-refractivity contribution in [1.29, 1.82) is 0 Å². The van der Waals surface area contributed by atoms with Gasteiger partial charge in [-0.25, -0.2) is 4.98 Å². The Labute approximate surface area is 125 Å². The molecule has 3 rings (SSSR count). The molecule has 0 spiro atoms. The minimum absolute atomic E-state index is 0.0690. The molecule has 1 N–H and O–H groups in total. The number of rotatable bonds is 4. The van der Waals surface area contributed by atoms with E-state index in [4.69, 9.17) is 4.74 Å². The number of fused-ring (bicyclic) bond motifs is 1. The van der Waals surface area contributed by atoms with E-state index in [2.05, 4.69) is 4.98 Å². The summed E-state index contributed by atoms with van der Waals surface area (Å²) in [5, 5.41) is 10.6. The summed E-state index contributed by atoms with van der Waals surface area (Å²) >= 11 is 1.50. The molecule has 0 aliphatic carbocycles. The number of nitrogens with zero attached hydrogens (tertiary/aromatic N) is 1. The molecule has 0 saturated carbocycles. The van der Waals surface area contributed by atoms with Gasteiger partial charge in [-0.15, -0.1) is 11.3 Å². The zero-order valence-electron chi connectivity index (χ0n) is 11.4. The normalized spacial score (nSPS) is 10.7. The predicted octanol–water partition coefficient (Wildman–Crippen LogP) is 3.44. The molecule has 106 valence electrons. The van der Waals surface area contributed by atoms with E-state index in [9.17, 15) is 9.90 Å². The maximum absolute atomic E-state index is 12.3.